The van der Waals surface area contributed by atoms with Crippen LogP contribution in [0.4, 0.5) is 5.00 Å². The number of thiophene rings is 1. The maximum absolute atomic E-state index is 12.5. The molecule has 1 fully saturated rings. The first-order chi connectivity index (χ1) is 12.9. The molecule has 27 heavy (non-hydrogen) atoms. The molecule has 1 saturated heterocycles. The highest BCUT2D eigenvalue weighted by molar-refractivity contribution is 8.01. The predicted molar refractivity (Wildman–Crippen MR) is 104 cm³/mol. The minimum Gasteiger partial charge on any atom is -0.462 e. The summed E-state index contributed by atoms with van der Waals surface area (Å²) in [7, 11) is 0. The van der Waals surface area contributed by atoms with Gasteiger partial charge in [0.15, 0.2) is 0 Å². The fraction of sp³-hybridized carbons (Fsp3) is 0.556. The number of hydrogen-bond donors (Lipinski definition) is 1. The van der Waals surface area contributed by atoms with E-state index in [9.17, 15) is 19.2 Å². The van der Waals surface area contributed by atoms with Crippen LogP contribution in [0.2, 0.25) is 0 Å². The molecule has 3 amide bonds. The molecule has 0 saturated carbocycles. The molecule has 146 valence electrons. The lowest BCUT2D eigenvalue weighted by Crippen LogP contribution is -2.49. The molecule has 0 spiro atoms. The van der Waals surface area contributed by atoms with E-state index >= 15 is 0 Å². The van der Waals surface area contributed by atoms with Gasteiger partial charge in [-0.3, -0.25) is 19.3 Å². The number of nitrogens with one attached hydrogen (secondary N) is 1. The predicted octanol–water partition coefficient (Wildman–Crippen LogP) is 2.23. The Bertz CT molecular complexity index is 789. The van der Waals surface area contributed by atoms with E-state index in [0.717, 1.165) is 41.0 Å². The number of esters is 1. The van der Waals surface area contributed by atoms with Crippen molar-refractivity contribution in [3.8, 4) is 0 Å². The smallest absolute Gasteiger partial charge is 0.341 e. The fourth-order valence-corrected chi connectivity index (χ4v) is 5.35. The third-order valence-corrected chi connectivity index (χ3v) is 6.90. The van der Waals surface area contributed by atoms with Crippen LogP contribution in [0.5, 0.6) is 0 Å². The Morgan fingerprint density at radius 3 is 2.74 bits per heavy atom. The number of nitrogens with zero attached hydrogens (tertiary/aromatic N) is 1. The van der Waals surface area contributed by atoms with Crippen molar-refractivity contribution in [3.05, 3.63) is 16.0 Å². The van der Waals surface area contributed by atoms with E-state index in [1.54, 1.807) is 13.8 Å². The lowest BCUT2D eigenvalue weighted by Gasteiger charge is -2.27. The number of thioether (sulfide) groups is 1. The van der Waals surface area contributed by atoms with Crippen LogP contribution in [0, 0.1) is 0 Å². The van der Waals surface area contributed by atoms with Crippen LogP contribution in [0.15, 0.2) is 0 Å². The molecule has 1 atom stereocenters. The molecule has 1 N–H and O–H groups in total. The highest BCUT2D eigenvalue weighted by atomic mass is 32.2. The second-order valence-electron chi connectivity index (χ2n) is 6.46. The average molecular weight is 411 g/mol. The standard InChI is InChI=1S/C18H22N2O5S2/c1-3-25-18(24)15-11-6-4-5-7-12(11)27-16(15)19-13(21)8-20-14(22)9-26-10(2)17(20)23/h10H,3-9H2,1-2H3,(H,19,21)/t10-/m1/s1. The van der Waals surface area contributed by atoms with Crippen LogP contribution in [0.3, 0.4) is 0 Å². The van der Waals surface area contributed by atoms with Crippen molar-refractivity contribution in [3.63, 3.8) is 0 Å². The zero-order valence-corrected chi connectivity index (χ0v) is 17.0. The first-order valence-corrected chi connectivity index (χ1v) is 10.9. The molecular weight excluding hydrogens is 388 g/mol. The largest absolute Gasteiger partial charge is 0.462 e. The average Bonchev–Trinajstić information content (AvgIpc) is 3.00. The lowest BCUT2D eigenvalue weighted by molar-refractivity contribution is -0.145. The number of anilines is 1. The summed E-state index contributed by atoms with van der Waals surface area (Å²) < 4.78 is 5.17. The van der Waals surface area contributed by atoms with Gasteiger partial charge < -0.3 is 10.1 Å². The Balaban J connectivity index is 1.79. The van der Waals surface area contributed by atoms with Gasteiger partial charge in [-0.05, 0) is 45.1 Å². The number of amides is 3. The molecule has 2 aliphatic rings. The Hall–Kier alpha value is -1.87. The summed E-state index contributed by atoms with van der Waals surface area (Å²) in [6.07, 6.45) is 3.71. The maximum atomic E-state index is 12.5. The molecule has 1 aliphatic heterocycles. The van der Waals surface area contributed by atoms with Crippen LogP contribution in [-0.2, 0) is 32.0 Å². The fourth-order valence-electron chi connectivity index (χ4n) is 3.24. The van der Waals surface area contributed by atoms with E-state index < -0.39 is 11.9 Å². The van der Waals surface area contributed by atoms with Gasteiger partial charge in [0, 0.05) is 4.88 Å². The van der Waals surface area contributed by atoms with Crippen molar-refractivity contribution in [1.29, 1.82) is 0 Å². The molecule has 7 nitrogen and oxygen atoms in total. The molecule has 0 aromatic carbocycles. The topological polar surface area (TPSA) is 92.8 Å². The number of ether oxygens (including phenoxy) is 1. The molecule has 2 heterocycles. The van der Waals surface area contributed by atoms with Crippen molar-refractivity contribution < 1.29 is 23.9 Å². The van der Waals surface area contributed by atoms with Gasteiger partial charge in [0.2, 0.25) is 17.7 Å². The Labute approximate surface area is 165 Å². The molecule has 1 aromatic heterocycles. The van der Waals surface area contributed by atoms with Crippen LogP contribution < -0.4 is 5.32 Å². The lowest BCUT2D eigenvalue weighted by atomic mass is 9.95. The van der Waals surface area contributed by atoms with E-state index in [1.165, 1.54) is 23.1 Å². The Morgan fingerprint density at radius 1 is 1.26 bits per heavy atom. The van der Waals surface area contributed by atoms with Gasteiger partial charge in [-0.15, -0.1) is 23.1 Å². The van der Waals surface area contributed by atoms with E-state index in [1.807, 2.05) is 0 Å². The van der Waals surface area contributed by atoms with E-state index in [2.05, 4.69) is 5.32 Å². The Kier molecular flexibility index (Phi) is 6.21. The molecular formula is C18H22N2O5S2. The summed E-state index contributed by atoms with van der Waals surface area (Å²) >= 11 is 2.65. The van der Waals surface area contributed by atoms with E-state index in [-0.39, 0.29) is 36.0 Å². The third kappa shape index (κ3) is 4.19. The number of imide groups is 1. The van der Waals surface area contributed by atoms with Crippen molar-refractivity contribution in [1.82, 2.24) is 4.90 Å². The van der Waals surface area contributed by atoms with Crippen molar-refractivity contribution in [2.75, 3.05) is 24.2 Å². The molecule has 3 rings (SSSR count). The summed E-state index contributed by atoms with van der Waals surface area (Å²) in [6, 6.07) is 0. The maximum Gasteiger partial charge on any atom is 0.341 e. The molecule has 0 radical (unpaired) electrons. The van der Waals surface area contributed by atoms with Gasteiger partial charge in [-0.2, -0.15) is 0 Å². The molecule has 1 aliphatic carbocycles. The summed E-state index contributed by atoms with van der Waals surface area (Å²) in [5, 5.41) is 2.84. The molecule has 0 bridgehead atoms. The number of carbonyl (C=O) groups is 4. The number of rotatable bonds is 5. The zero-order valence-electron chi connectivity index (χ0n) is 15.3. The summed E-state index contributed by atoms with van der Waals surface area (Å²) in [4.78, 5) is 51.2. The van der Waals surface area contributed by atoms with Gasteiger partial charge >= 0.3 is 5.97 Å². The zero-order chi connectivity index (χ0) is 19.6. The van der Waals surface area contributed by atoms with Gasteiger partial charge in [0.25, 0.3) is 0 Å². The van der Waals surface area contributed by atoms with Crippen LogP contribution >= 0.6 is 23.1 Å². The molecule has 1 aromatic rings. The van der Waals surface area contributed by atoms with E-state index in [4.69, 9.17) is 4.74 Å². The SMILES string of the molecule is CCOC(=O)c1c(NC(=O)CN2C(=O)CS[C@H](C)C2=O)sc2c1CCCC2. The summed E-state index contributed by atoms with van der Waals surface area (Å²) in [6.45, 7) is 3.37. The van der Waals surface area contributed by atoms with Crippen LogP contribution in [0.1, 0.15) is 47.5 Å². The minimum atomic E-state index is -0.486. The molecule has 0 unspecified atom stereocenters. The van der Waals surface area contributed by atoms with E-state index in [0.29, 0.717) is 10.6 Å². The second-order valence-corrected chi connectivity index (χ2v) is 8.89. The normalized spacial score (nSPS) is 19.6. The first-order valence-electron chi connectivity index (χ1n) is 8.99. The van der Waals surface area contributed by atoms with Crippen molar-refractivity contribution in [2.45, 2.75) is 44.8 Å². The number of hydrogen-bond acceptors (Lipinski definition) is 7. The number of carbonyl (C=O) groups excluding carboxylic acids is 4. The first kappa shape index (κ1) is 19.9. The van der Waals surface area contributed by atoms with Gasteiger partial charge in [0.05, 0.1) is 23.2 Å². The monoisotopic (exact) mass is 410 g/mol. The van der Waals surface area contributed by atoms with Crippen molar-refractivity contribution in [2.24, 2.45) is 0 Å². The van der Waals surface area contributed by atoms with Crippen LogP contribution in [0.25, 0.3) is 0 Å². The van der Waals surface area contributed by atoms with Crippen molar-refractivity contribution >= 4 is 51.8 Å². The van der Waals surface area contributed by atoms with Crippen LogP contribution in [-0.4, -0.2) is 52.7 Å². The van der Waals surface area contributed by atoms with Gasteiger partial charge in [-0.1, -0.05) is 0 Å². The number of aryl methyl sites for hydroxylation is 1. The van der Waals surface area contributed by atoms with Gasteiger partial charge in [0.1, 0.15) is 11.5 Å². The highest BCUT2D eigenvalue weighted by Crippen LogP contribution is 2.38. The van der Waals surface area contributed by atoms with Gasteiger partial charge in [-0.25, -0.2) is 4.79 Å². The summed E-state index contributed by atoms with van der Waals surface area (Å²) in [5.41, 5.74) is 1.38. The third-order valence-electron chi connectivity index (χ3n) is 4.58. The molecule has 9 heteroatoms. The summed E-state index contributed by atoms with van der Waals surface area (Å²) in [5.74, 6) is -1.47. The number of fused-ring (bicyclic) bond motifs is 1. The minimum absolute atomic E-state index is 0.182. The Morgan fingerprint density at radius 2 is 2.00 bits per heavy atom. The quantitative estimate of drug-likeness (QED) is 0.591. The second kappa shape index (κ2) is 8.43. The highest BCUT2D eigenvalue weighted by Gasteiger charge is 2.34.